The molecule has 1 amide bonds. The normalized spacial score (nSPS) is 11.1. The van der Waals surface area contributed by atoms with Crippen LogP contribution in [0.5, 0.6) is 0 Å². The molecule has 1 aromatic heterocycles. The molecule has 1 N–H and O–H groups in total. The van der Waals surface area contributed by atoms with Gasteiger partial charge < -0.3 is 10.1 Å². The summed E-state index contributed by atoms with van der Waals surface area (Å²) < 4.78 is 5.39. The zero-order valence-electron chi connectivity index (χ0n) is 14.9. The van der Waals surface area contributed by atoms with Crippen LogP contribution >= 0.6 is 11.6 Å². The highest BCUT2D eigenvalue weighted by Gasteiger charge is 2.23. The van der Waals surface area contributed by atoms with Gasteiger partial charge in [-0.15, -0.1) is 0 Å². The molecule has 134 valence electrons. The lowest BCUT2D eigenvalue weighted by Crippen LogP contribution is -2.35. The molecular formula is C18H23ClN4O2. The second kappa shape index (κ2) is 8.16. The number of ether oxygens (including phenoxy) is 1. The molecule has 0 fully saturated rings. The molecule has 0 radical (unpaired) electrons. The summed E-state index contributed by atoms with van der Waals surface area (Å²) in [5.74, 6) is 0.448. The van der Waals surface area contributed by atoms with E-state index in [4.69, 9.17) is 16.3 Å². The lowest BCUT2D eigenvalue weighted by molar-refractivity contribution is 0.0588. The summed E-state index contributed by atoms with van der Waals surface area (Å²) in [6, 6.07) is 9.88. The van der Waals surface area contributed by atoms with Crippen molar-refractivity contribution in [2.24, 2.45) is 0 Å². The predicted molar refractivity (Wildman–Crippen MR) is 100 cm³/mol. The molecule has 0 aliphatic carbocycles. The number of aromatic nitrogens is 2. The molecule has 0 bridgehead atoms. The Morgan fingerprint density at radius 1 is 1.28 bits per heavy atom. The maximum atomic E-state index is 12.3. The third-order valence-electron chi connectivity index (χ3n) is 3.29. The van der Waals surface area contributed by atoms with E-state index in [-0.39, 0.29) is 5.28 Å². The third kappa shape index (κ3) is 5.90. The van der Waals surface area contributed by atoms with Crippen LogP contribution in [-0.2, 0) is 11.2 Å². The number of rotatable bonds is 5. The van der Waals surface area contributed by atoms with Crippen molar-refractivity contribution >= 4 is 29.2 Å². The zero-order valence-corrected chi connectivity index (χ0v) is 15.7. The van der Waals surface area contributed by atoms with Crippen LogP contribution in [0.4, 0.5) is 16.3 Å². The Morgan fingerprint density at radius 3 is 2.60 bits per heavy atom. The van der Waals surface area contributed by atoms with E-state index in [1.807, 2.05) is 51.1 Å². The molecule has 0 saturated heterocycles. The number of benzene rings is 1. The van der Waals surface area contributed by atoms with E-state index in [0.717, 1.165) is 11.3 Å². The summed E-state index contributed by atoms with van der Waals surface area (Å²) in [7, 11) is 1.61. The Balaban J connectivity index is 2.09. The van der Waals surface area contributed by atoms with Gasteiger partial charge in [0.2, 0.25) is 5.28 Å². The van der Waals surface area contributed by atoms with Crippen molar-refractivity contribution in [1.29, 1.82) is 0 Å². The van der Waals surface area contributed by atoms with Crippen molar-refractivity contribution in [2.75, 3.05) is 23.8 Å². The molecule has 0 atom stereocenters. The highest BCUT2D eigenvalue weighted by Crippen LogP contribution is 2.21. The smallest absolute Gasteiger partial charge is 0.415 e. The summed E-state index contributed by atoms with van der Waals surface area (Å²) >= 11 is 5.91. The molecule has 2 aromatic rings. The largest absolute Gasteiger partial charge is 0.443 e. The van der Waals surface area contributed by atoms with Crippen molar-refractivity contribution in [3.05, 3.63) is 47.4 Å². The number of nitrogens with one attached hydrogen (secondary N) is 1. The lowest BCUT2D eigenvalue weighted by Gasteiger charge is -2.25. The van der Waals surface area contributed by atoms with Gasteiger partial charge in [0.05, 0.1) is 0 Å². The predicted octanol–water partition coefficient (Wildman–Crippen LogP) is 4.16. The second-order valence-corrected chi connectivity index (χ2v) is 6.91. The van der Waals surface area contributed by atoms with Crippen molar-refractivity contribution < 1.29 is 9.53 Å². The van der Waals surface area contributed by atoms with E-state index >= 15 is 0 Å². The fraction of sp³-hybridized carbons (Fsp3) is 0.389. The van der Waals surface area contributed by atoms with Gasteiger partial charge in [0.1, 0.15) is 11.4 Å². The highest BCUT2D eigenvalue weighted by atomic mass is 35.5. The SMILES string of the molecule is CN(C(=O)OC(C)(C)C)c1nc(Cl)ncc1CCNc1ccccc1. The van der Waals surface area contributed by atoms with Crippen LogP contribution in [0.3, 0.4) is 0 Å². The number of hydrogen-bond acceptors (Lipinski definition) is 5. The number of anilines is 2. The first-order chi connectivity index (χ1) is 11.8. The Morgan fingerprint density at radius 2 is 1.96 bits per heavy atom. The van der Waals surface area contributed by atoms with Crippen molar-refractivity contribution in [2.45, 2.75) is 32.8 Å². The third-order valence-corrected chi connectivity index (χ3v) is 3.48. The first kappa shape index (κ1) is 19.0. The molecular weight excluding hydrogens is 340 g/mol. The summed E-state index contributed by atoms with van der Waals surface area (Å²) in [6.07, 6.45) is 1.78. The van der Waals surface area contributed by atoms with Gasteiger partial charge >= 0.3 is 6.09 Å². The monoisotopic (exact) mass is 362 g/mol. The summed E-state index contributed by atoms with van der Waals surface area (Å²) in [6.45, 7) is 6.12. The van der Waals surface area contributed by atoms with Crippen molar-refractivity contribution in [3.8, 4) is 0 Å². The van der Waals surface area contributed by atoms with Gasteiger partial charge in [-0.05, 0) is 50.9 Å². The van der Waals surface area contributed by atoms with Gasteiger partial charge in [0, 0.05) is 31.0 Å². The Labute approximate surface area is 153 Å². The minimum atomic E-state index is -0.586. The second-order valence-electron chi connectivity index (χ2n) is 6.57. The number of carbonyl (C=O) groups is 1. The fourth-order valence-corrected chi connectivity index (χ4v) is 2.29. The first-order valence-corrected chi connectivity index (χ1v) is 8.41. The highest BCUT2D eigenvalue weighted by molar-refractivity contribution is 6.28. The maximum Gasteiger partial charge on any atom is 0.415 e. The lowest BCUT2D eigenvalue weighted by atomic mass is 10.2. The molecule has 2 rings (SSSR count). The summed E-state index contributed by atoms with van der Waals surface area (Å²) in [4.78, 5) is 21.9. The molecule has 0 unspecified atom stereocenters. The number of nitrogens with zero attached hydrogens (tertiary/aromatic N) is 3. The molecule has 25 heavy (non-hydrogen) atoms. The standard InChI is InChI=1S/C18H23ClN4O2/c1-18(2,3)25-17(24)23(4)15-13(12-21-16(19)22-15)10-11-20-14-8-6-5-7-9-14/h5-9,12,20H,10-11H2,1-4H3. The summed E-state index contributed by atoms with van der Waals surface area (Å²) in [5, 5.41) is 3.41. The van der Waals surface area contributed by atoms with E-state index in [0.29, 0.717) is 18.8 Å². The van der Waals surface area contributed by atoms with Crippen LogP contribution < -0.4 is 10.2 Å². The van der Waals surface area contributed by atoms with E-state index < -0.39 is 11.7 Å². The number of para-hydroxylation sites is 1. The van der Waals surface area contributed by atoms with Crippen molar-refractivity contribution in [3.63, 3.8) is 0 Å². The molecule has 0 saturated carbocycles. The molecule has 7 heteroatoms. The van der Waals surface area contributed by atoms with E-state index in [2.05, 4.69) is 15.3 Å². The van der Waals surface area contributed by atoms with Crippen LogP contribution in [0.25, 0.3) is 0 Å². The molecule has 1 aromatic carbocycles. The van der Waals surface area contributed by atoms with E-state index in [1.165, 1.54) is 4.90 Å². The average molecular weight is 363 g/mol. The van der Waals surface area contributed by atoms with Gasteiger partial charge in [-0.25, -0.2) is 9.78 Å². The molecule has 6 nitrogen and oxygen atoms in total. The minimum Gasteiger partial charge on any atom is -0.443 e. The van der Waals surface area contributed by atoms with Crippen LogP contribution in [0.15, 0.2) is 36.5 Å². The van der Waals surface area contributed by atoms with Crippen LogP contribution in [0, 0.1) is 0 Å². The number of halogens is 1. The first-order valence-electron chi connectivity index (χ1n) is 8.03. The molecule has 0 aliphatic rings. The van der Waals surface area contributed by atoms with Gasteiger partial charge in [-0.2, -0.15) is 4.98 Å². The Bertz CT molecular complexity index is 717. The number of carbonyl (C=O) groups excluding carboxylic acids is 1. The van der Waals surface area contributed by atoms with Gasteiger partial charge in [0.15, 0.2) is 0 Å². The van der Waals surface area contributed by atoms with E-state index in [9.17, 15) is 4.79 Å². The molecule has 1 heterocycles. The van der Waals surface area contributed by atoms with Gasteiger partial charge in [-0.1, -0.05) is 18.2 Å². The van der Waals surface area contributed by atoms with Crippen LogP contribution in [0.1, 0.15) is 26.3 Å². The molecule has 0 spiro atoms. The summed E-state index contributed by atoms with van der Waals surface area (Å²) in [5.41, 5.74) is 1.25. The topological polar surface area (TPSA) is 67.4 Å². The fourth-order valence-electron chi connectivity index (χ4n) is 2.16. The van der Waals surface area contributed by atoms with Gasteiger partial charge in [-0.3, -0.25) is 4.90 Å². The quantitative estimate of drug-likeness (QED) is 0.809. The van der Waals surface area contributed by atoms with Gasteiger partial charge in [0.25, 0.3) is 0 Å². The maximum absolute atomic E-state index is 12.3. The molecule has 0 aliphatic heterocycles. The number of hydrogen-bond donors (Lipinski definition) is 1. The van der Waals surface area contributed by atoms with Crippen LogP contribution in [0.2, 0.25) is 5.28 Å². The van der Waals surface area contributed by atoms with Crippen LogP contribution in [-0.4, -0.2) is 35.3 Å². The van der Waals surface area contributed by atoms with E-state index in [1.54, 1.807) is 13.2 Å². The average Bonchev–Trinajstić information content (AvgIpc) is 2.55. The Kier molecular flexibility index (Phi) is 6.20. The minimum absolute atomic E-state index is 0.0881. The van der Waals surface area contributed by atoms with Crippen molar-refractivity contribution in [1.82, 2.24) is 9.97 Å². The zero-order chi connectivity index (χ0) is 18.4. The Hall–Kier alpha value is -2.34. The number of amides is 1.